The molecule has 0 aliphatic carbocycles. The largest absolute Gasteiger partial charge is 0.493 e. The van der Waals surface area contributed by atoms with Crippen molar-refractivity contribution in [2.45, 2.75) is 25.9 Å². The summed E-state index contributed by atoms with van der Waals surface area (Å²) in [5.74, 6) is 2.25. The lowest BCUT2D eigenvalue weighted by Gasteiger charge is -2.32. The summed E-state index contributed by atoms with van der Waals surface area (Å²) in [6.07, 6.45) is 3.29. The third kappa shape index (κ3) is 4.58. The smallest absolute Gasteiger partial charge is 0.322 e. The second kappa shape index (κ2) is 8.57. The number of nitrogens with one attached hydrogen (secondary N) is 1. The van der Waals surface area contributed by atoms with Gasteiger partial charge in [-0.05, 0) is 31.9 Å². The van der Waals surface area contributed by atoms with Gasteiger partial charge in [-0.2, -0.15) is 4.98 Å². The Bertz CT molecular complexity index is 799. The fourth-order valence-corrected chi connectivity index (χ4v) is 3.07. The fourth-order valence-electron chi connectivity index (χ4n) is 3.07. The Morgan fingerprint density at radius 2 is 2.11 bits per heavy atom. The molecule has 2 aromatic rings. The van der Waals surface area contributed by atoms with Gasteiger partial charge in [-0.3, -0.25) is 0 Å². The summed E-state index contributed by atoms with van der Waals surface area (Å²) >= 11 is 0. The topological polar surface area (TPSA) is 85.8 Å². The van der Waals surface area contributed by atoms with Gasteiger partial charge < -0.3 is 24.4 Å². The molecule has 1 aliphatic rings. The van der Waals surface area contributed by atoms with Gasteiger partial charge in [0.1, 0.15) is 11.9 Å². The normalized spacial score (nSPS) is 16.6. The van der Waals surface area contributed by atoms with Crippen LogP contribution in [0.25, 0.3) is 0 Å². The minimum Gasteiger partial charge on any atom is -0.493 e. The lowest BCUT2D eigenvalue weighted by atomic mass is 10.1. The van der Waals surface area contributed by atoms with Crippen LogP contribution in [0.15, 0.2) is 30.5 Å². The van der Waals surface area contributed by atoms with Gasteiger partial charge in [0.2, 0.25) is 5.88 Å². The fraction of sp³-hybridized carbons (Fsp3) is 0.421. The molecule has 0 spiro atoms. The van der Waals surface area contributed by atoms with E-state index in [0.29, 0.717) is 42.0 Å². The van der Waals surface area contributed by atoms with Gasteiger partial charge in [-0.25, -0.2) is 9.78 Å². The van der Waals surface area contributed by atoms with Crippen molar-refractivity contribution < 1.29 is 19.0 Å². The minimum atomic E-state index is -0.200. The Kier molecular flexibility index (Phi) is 5.95. The molecule has 1 saturated heterocycles. The highest BCUT2D eigenvalue weighted by Crippen LogP contribution is 2.35. The average molecular weight is 372 g/mol. The van der Waals surface area contributed by atoms with E-state index in [1.54, 1.807) is 49.6 Å². The van der Waals surface area contributed by atoms with Crippen LogP contribution >= 0.6 is 0 Å². The summed E-state index contributed by atoms with van der Waals surface area (Å²) in [5, 5.41) is 2.90. The van der Waals surface area contributed by atoms with E-state index >= 15 is 0 Å². The van der Waals surface area contributed by atoms with E-state index in [-0.39, 0.29) is 12.1 Å². The lowest BCUT2D eigenvalue weighted by Crippen LogP contribution is -2.46. The van der Waals surface area contributed by atoms with Crippen LogP contribution < -0.4 is 19.5 Å². The number of hydrogen-bond donors (Lipinski definition) is 1. The van der Waals surface area contributed by atoms with Crippen molar-refractivity contribution in [1.82, 2.24) is 14.9 Å². The van der Waals surface area contributed by atoms with Gasteiger partial charge in [0.05, 0.1) is 26.5 Å². The lowest BCUT2D eigenvalue weighted by molar-refractivity contribution is 0.102. The molecule has 1 aromatic heterocycles. The van der Waals surface area contributed by atoms with E-state index in [1.807, 2.05) is 6.92 Å². The van der Waals surface area contributed by atoms with Crippen molar-refractivity contribution in [2.75, 3.05) is 32.6 Å². The van der Waals surface area contributed by atoms with Crippen LogP contribution in [0, 0.1) is 6.92 Å². The molecule has 8 heteroatoms. The number of aryl methyl sites for hydroxylation is 1. The number of ether oxygens (including phenoxy) is 3. The number of likely N-dealkylation sites (tertiary alicyclic amines) is 1. The molecule has 1 N–H and O–H groups in total. The van der Waals surface area contributed by atoms with Gasteiger partial charge in [0.15, 0.2) is 11.5 Å². The molecule has 1 aromatic carbocycles. The number of carbonyl (C=O) groups excluding carboxylic acids is 1. The van der Waals surface area contributed by atoms with E-state index < -0.39 is 0 Å². The Balaban J connectivity index is 1.65. The summed E-state index contributed by atoms with van der Waals surface area (Å²) in [4.78, 5) is 22.8. The summed E-state index contributed by atoms with van der Waals surface area (Å²) in [7, 11) is 3.10. The zero-order chi connectivity index (χ0) is 19.2. The molecule has 1 fully saturated rings. The molecule has 1 unspecified atom stereocenters. The van der Waals surface area contributed by atoms with Crippen molar-refractivity contribution in [2.24, 2.45) is 0 Å². The van der Waals surface area contributed by atoms with Gasteiger partial charge in [-0.15, -0.1) is 0 Å². The van der Waals surface area contributed by atoms with E-state index in [2.05, 4.69) is 15.3 Å². The van der Waals surface area contributed by atoms with Crippen LogP contribution in [0.3, 0.4) is 0 Å². The zero-order valence-electron chi connectivity index (χ0n) is 15.8. The van der Waals surface area contributed by atoms with Gasteiger partial charge in [0, 0.05) is 18.8 Å². The van der Waals surface area contributed by atoms with Crippen molar-refractivity contribution >= 4 is 11.7 Å². The number of para-hydroxylation sites is 1. The monoisotopic (exact) mass is 372 g/mol. The third-order valence-corrected chi connectivity index (χ3v) is 4.35. The number of aromatic nitrogens is 2. The molecule has 1 aliphatic heterocycles. The number of hydrogen-bond acceptors (Lipinski definition) is 6. The summed E-state index contributed by atoms with van der Waals surface area (Å²) in [6.45, 7) is 2.97. The van der Waals surface area contributed by atoms with Crippen molar-refractivity contribution in [1.29, 1.82) is 0 Å². The molecule has 2 heterocycles. The number of benzene rings is 1. The van der Waals surface area contributed by atoms with E-state index in [0.717, 1.165) is 12.8 Å². The average Bonchev–Trinajstić information content (AvgIpc) is 2.68. The standard InChI is InChI=1S/C19H24N4O4/c1-13-20-10-9-17(21-13)27-14-6-5-11-23(12-14)19(24)22-15-7-4-8-16(25-2)18(15)26-3/h4,7-10,14H,5-6,11-12H2,1-3H3,(H,22,24). The molecule has 3 rings (SSSR count). The Labute approximate surface area is 158 Å². The van der Waals surface area contributed by atoms with Crippen LogP contribution in [0.4, 0.5) is 10.5 Å². The van der Waals surface area contributed by atoms with Crippen LogP contribution in [0.5, 0.6) is 17.4 Å². The maximum Gasteiger partial charge on any atom is 0.322 e. The first-order chi connectivity index (χ1) is 13.1. The SMILES string of the molecule is COc1cccc(NC(=O)N2CCCC(Oc3ccnc(C)n3)C2)c1OC. The molecule has 8 nitrogen and oxygen atoms in total. The number of methoxy groups -OCH3 is 2. The zero-order valence-corrected chi connectivity index (χ0v) is 15.8. The first-order valence-electron chi connectivity index (χ1n) is 8.84. The van der Waals surface area contributed by atoms with Gasteiger partial charge in [0.25, 0.3) is 0 Å². The highest BCUT2D eigenvalue weighted by molar-refractivity contribution is 5.91. The molecule has 27 heavy (non-hydrogen) atoms. The van der Waals surface area contributed by atoms with Gasteiger partial charge >= 0.3 is 6.03 Å². The van der Waals surface area contributed by atoms with Crippen LogP contribution in [-0.2, 0) is 0 Å². The number of urea groups is 1. The first kappa shape index (κ1) is 18.8. The predicted octanol–water partition coefficient (Wildman–Crippen LogP) is 2.88. The molecule has 1 atom stereocenters. The van der Waals surface area contributed by atoms with Crippen molar-refractivity contribution in [3.63, 3.8) is 0 Å². The minimum absolute atomic E-state index is 0.106. The van der Waals surface area contributed by atoms with E-state index in [4.69, 9.17) is 14.2 Å². The van der Waals surface area contributed by atoms with Crippen molar-refractivity contribution in [3.05, 3.63) is 36.3 Å². The quantitative estimate of drug-likeness (QED) is 0.869. The van der Waals surface area contributed by atoms with Gasteiger partial charge in [-0.1, -0.05) is 6.07 Å². The molecular weight excluding hydrogens is 348 g/mol. The number of nitrogens with zero attached hydrogens (tertiary/aromatic N) is 3. The summed E-state index contributed by atoms with van der Waals surface area (Å²) in [6, 6.07) is 6.89. The highest BCUT2D eigenvalue weighted by atomic mass is 16.5. The van der Waals surface area contributed by atoms with E-state index in [9.17, 15) is 4.79 Å². The van der Waals surface area contributed by atoms with Crippen molar-refractivity contribution in [3.8, 4) is 17.4 Å². The van der Waals surface area contributed by atoms with Crippen LogP contribution in [-0.4, -0.2) is 54.3 Å². The maximum atomic E-state index is 12.7. The highest BCUT2D eigenvalue weighted by Gasteiger charge is 2.26. The molecule has 0 radical (unpaired) electrons. The molecule has 144 valence electrons. The second-order valence-electron chi connectivity index (χ2n) is 6.24. The summed E-state index contributed by atoms with van der Waals surface area (Å²) < 4.78 is 16.6. The number of rotatable bonds is 5. The van der Waals surface area contributed by atoms with E-state index in [1.165, 1.54) is 0 Å². The number of piperidine rings is 1. The Morgan fingerprint density at radius 1 is 1.26 bits per heavy atom. The molecular formula is C19H24N4O4. The van der Waals surface area contributed by atoms with Crippen LogP contribution in [0.1, 0.15) is 18.7 Å². The second-order valence-corrected chi connectivity index (χ2v) is 6.24. The predicted molar refractivity (Wildman–Crippen MR) is 101 cm³/mol. The Hall–Kier alpha value is -3.03. The third-order valence-electron chi connectivity index (χ3n) is 4.35. The Morgan fingerprint density at radius 3 is 2.85 bits per heavy atom. The molecule has 2 amide bonds. The number of carbonyl (C=O) groups is 1. The number of amides is 2. The molecule has 0 bridgehead atoms. The van der Waals surface area contributed by atoms with Crippen LogP contribution in [0.2, 0.25) is 0 Å². The number of anilines is 1. The maximum absolute atomic E-state index is 12.7. The first-order valence-corrected chi connectivity index (χ1v) is 8.84. The summed E-state index contributed by atoms with van der Waals surface area (Å²) in [5.41, 5.74) is 0.566. The molecule has 0 saturated carbocycles.